The van der Waals surface area contributed by atoms with Crippen molar-refractivity contribution in [3.8, 4) is 5.75 Å². The molecule has 3 nitrogen and oxygen atoms in total. The van der Waals surface area contributed by atoms with Crippen LogP contribution in [0.1, 0.15) is 18.9 Å². The van der Waals surface area contributed by atoms with Crippen LogP contribution in [-0.4, -0.2) is 37.7 Å². The van der Waals surface area contributed by atoms with Gasteiger partial charge in [-0.25, -0.2) is 0 Å². The van der Waals surface area contributed by atoms with E-state index in [2.05, 4.69) is 28.4 Å². The fourth-order valence-corrected chi connectivity index (χ4v) is 2.22. The quantitative estimate of drug-likeness (QED) is 0.861. The van der Waals surface area contributed by atoms with Crippen LogP contribution in [0.15, 0.2) is 24.3 Å². The lowest BCUT2D eigenvalue weighted by molar-refractivity contribution is 0.283. The van der Waals surface area contributed by atoms with E-state index in [0.29, 0.717) is 0 Å². The highest BCUT2D eigenvalue weighted by Gasteiger charge is 2.09. The highest BCUT2D eigenvalue weighted by molar-refractivity contribution is 5.28. The first-order valence-electron chi connectivity index (χ1n) is 6.53. The minimum absolute atomic E-state index is 0.733. The molecular weight excluding hydrogens is 212 g/mol. The first-order valence-corrected chi connectivity index (χ1v) is 6.53. The predicted molar refractivity (Wildman–Crippen MR) is 70.4 cm³/mol. The average molecular weight is 234 g/mol. The summed E-state index contributed by atoms with van der Waals surface area (Å²) < 4.78 is 5.53. The number of hydrogen-bond acceptors (Lipinski definition) is 3. The molecule has 1 N–H and O–H groups in total. The monoisotopic (exact) mass is 234 g/mol. The molecule has 0 saturated carbocycles. The lowest BCUT2D eigenvalue weighted by Gasteiger charge is -2.19. The van der Waals surface area contributed by atoms with Gasteiger partial charge in [-0.05, 0) is 44.1 Å². The Morgan fingerprint density at radius 2 is 2.24 bits per heavy atom. The fraction of sp³-hybridized carbons (Fsp3) is 0.571. The Kier molecular flexibility index (Phi) is 4.83. The smallest absolute Gasteiger partial charge is 0.119 e. The number of rotatable bonds is 4. The maximum Gasteiger partial charge on any atom is 0.119 e. The van der Waals surface area contributed by atoms with Crippen LogP contribution in [0.3, 0.4) is 0 Å². The molecule has 17 heavy (non-hydrogen) atoms. The van der Waals surface area contributed by atoms with Gasteiger partial charge in [-0.2, -0.15) is 0 Å². The molecule has 0 unspecified atom stereocenters. The number of ether oxygens (including phenoxy) is 1. The van der Waals surface area contributed by atoms with Crippen molar-refractivity contribution in [1.82, 2.24) is 10.2 Å². The lowest BCUT2D eigenvalue weighted by atomic mass is 10.2. The van der Waals surface area contributed by atoms with Crippen molar-refractivity contribution in [3.63, 3.8) is 0 Å². The largest absolute Gasteiger partial charge is 0.494 e. The molecule has 1 aliphatic rings. The van der Waals surface area contributed by atoms with E-state index in [9.17, 15) is 0 Å². The van der Waals surface area contributed by atoms with Crippen molar-refractivity contribution in [2.24, 2.45) is 0 Å². The van der Waals surface area contributed by atoms with Crippen LogP contribution < -0.4 is 10.1 Å². The Morgan fingerprint density at radius 1 is 1.29 bits per heavy atom. The minimum Gasteiger partial charge on any atom is -0.494 e. The normalized spacial score (nSPS) is 17.7. The van der Waals surface area contributed by atoms with Gasteiger partial charge in [0.15, 0.2) is 0 Å². The number of nitrogens with zero attached hydrogens (tertiary/aromatic N) is 1. The van der Waals surface area contributed by atoms with E-state index in [1.807, 2.05) is 13.0 Å². The van der Waals surface area contributed by atoms with Gasteiger partial charge in [-0.3, -0.25) is 4.90 Å². The third kappa shape index (κ3) is 4.02. The third-order valence-corrected chi connectivity index (χ3v) is 3.05. The number of nitrogens with one attached hydrogen (secondary N) is 1. The highest BCUT2D eigenvalue weighted by atomic mass is 16.5. The van der Waals surface area contributed by atoms with E-state index in [-0.39, 0.29) is 0 Å². The zero-order chi connectivity index (χ0) is 11.9. The van der Waals surface area contributed by atoms with E-state index >= 15 is 0 Å². The zero-order valence-electron chi connectivity index (χ0n) is 10.6. The van der Waals surface area contributed by atoms with Crippen molar-refractivity contribution in [3.05, 3.63) is 29.8 Å². The zero-order valence-corrected chi connectivity index (χ0v) is 10.6. The van der Waals surface area contributed by atoms with Crippen molar-refractivity contribution < 1.29 is 4.74 Å². The van der Waals surface area contributed by atoms with Crippen molar-refractivity contribution >= 4 is 0 Å². The van der Waals surface area contributed by atoms with Crippen molar-refractivity contribution in [2.75, 3.05) is 32.8 Å². The second-order valence-corrected chi connectivity index (χ2v) is 4.46. The van der Waals surface area contributed by atoms with Crippen LogP contribution in [0, 0.1) is 0 Å². The summed E-state index contributed by atoms with van der Waals surface area (Å²) in [4.78, 5) is 2.51. The van der Waals surface area contributed by atoms with E-state index in [1.54, 1.807) is 0 Å². The molecule has 3 heteroatoms. The Hall–Kier alpha value is -1.06. The molecule has 94 valence electrons. The Bertz CT molecular complexity index is 333. The lowest BCUT2D eigenvalue weighted by Crippen LogP contribution is -2.27. The van der Waals surface area contributed by atoms with Gasteiger partial charge < -0.3 is 10.1 Å². The molecule has 0 radical (unpaired) electrons. The summed E-state index contributed by atoms with van der Waals surface area (Å²) in [5.41, 5.74) is 1.35. The molecule has 1 fully saturated rings. The van der Waals surface area contributed by atoms with Gasteiger partial charge in [0.05, 0.1) is 6.61 Å². The topological polar surface area (TPSA) is 24.5 Å². The number of hydrogen-bond donors (Lipinski definition) is 1. The summed E-state index contributed by atoms with van der Waals surface area (Å²) in [6.07, 6.45) is 1.24. The molecule has 1 saturated heterocycles. The molecule has 1 aromatic rings. The second kappa shape index (κ2) is 6.62. The van der Waals surface area contributed by atoms with E-state index in [0.717, 1.165) is 38.5 Å². The molecule has 0 aromatic heterocycles. The van der Waals surface area contributed by atoms with Gasteiger partial charge in [0, 0.05) is 19.6 Å². The average Bonchev–Trinajstić information content (AvgIpc) is 2.59. The molecule has 1 aliphatic heterocycles. The van der Waals surface area contributed by atoms with Gasteiger partial charge in [-0.15, -0.1) is 0 Å². The highest BCUT2D eigenvalue weighted by Crippen LogP contribution is 2.15. The summed E-state index contributed by atoms with van der Waals surface area (Å²) in [7, 11) is 0. The van der Waals surface area contributed by atoms with Gasteiger partial charge in [0.1, 0.15) is 5.75 Å². The molecule has 0 aliphatic carbocycles. The fourth-order valence-electron chi connectivity index (χ4n) is 2.22. The van der Waals surface area contributed by atoms with Gasteiger partial charge in [0.25, 0.3) is 0 Å². The standard InChI is InChI=1S/C14H22N2O/c1-2-17-14-6-3-5-13(11-14)12-16-9-4-7-15-8-10-16/h3,5-6,11,15H,2,4,7-10,12H2,1H3. The minimum atomic E-state index is 0.733. The predicted octanol–water partition coefficient (Wildman–Crippen LogP) is 1.88. The maximum atomic E-state index is 5.53. The first kappa shape index (κ1) is 12.4. The second-order valence-electron chi connectivity index (χ2n) is 4.46. The van der Waals surface area contributed by atoms with Crippen molar-refractivity contribution in [1.29, 1.82) is 0 Å². The molecule has 0 atom stereocenters. The van der Waals surface area contributed by atoms with Crippen LogP contribution in [0.4, 0.5) is 0 Å². The molecule has 2 rings (SSSR count). The molecule has 0 bridgehead atoms. The SMILES string of the molecule is CCOc1cccc(CN2CCCNCC2)c1. The number of benzene rings is 1. The van der Waals surface area contributed by atoms with Crippen molar-refractivity contribution in [2.45, 2.75) is 19.9 Å². The Balaban J connectivity index is 1.94. The van der Waals surface area contributed by atoms with E-state index < -0.39 is 0 Å². The molecule has 0 spiro atoms. The summed E-state index contributed by atoms with van der Waals surface area (Å²) >= 11 is 0. The summed E-state index contributed by atoms with van der Waals surface area (Å²) in [6.45, 7) is 8.36. The van der Waals surface area contributed by atoms with Crippen LogP contribution in [0.2, 0.25) is 0 Å². The van der Waals surface area contributed by atoms with Crippen LogP contribution in [-0.2, 0) is 6.54 Å². The molecule has 1 aromatic carbocycles. The van der Waals surface area contributed by atoms with Gasteiger partial charge in [-0.1, -0.05) is 12.1 Å². The van der Waals surface area contributed by atoms with Gasteiger partial charge >= 0.3 is 0 Å². The molecule has 0 amide bonds. The Morgan fingerprint density at radius 3 is 3.12 bits per heavy atom. The first-order chi connectivity index (χ1) is 8.38. The third-order valence-electron chi connectivity index (χ3n) is 3.05. The summed E-state index contributed by atoms with van der Waals surface area (Å²) in [6, 6.07) is 8.44. The van der Waals surface area contributed by atoms with Gasteiger partial charge in [0.2, 0.25) is 0 Å². The van der Waals surface area contributed by atoms with Crippen LogP contribution in [0.25, 0.3) is 0 Å². The maximum absolute atomic E-state index is 5.53. The van der Waals surface area contributed by atoms with E-state index in [1.165, 1.54) is 18.5 Å². The van der Waals surface area contributed by atoms with Crippen LogP contribution in [0.5, 0.6) is 5.75 Å². The molecular formula is C14H22N2O. The van der Waals surface area contributed by atoms with Crippen LogP contribution >= 0.6 is 0 Å². The summed E-state index contributed by atoms with van der Waals surface area (Å²) in [5.74, 6) is 0.984. The summed E-state index contributed by atoms with van der Waals surface area (Å²) in [5, 5.41) is 3.43. The van der Waals surface area contributed by atoms with E-state index in [4.69, 9.17) is 4.74 Å². The Labute approximate surface area is 104 Å². The molecule has 1 heterocycles.